The van der Waals surface area contributed by atoms with E-state index in [9.17, 15) is 13.6 Å². The Kier molecular flexibility index (Phi) is 9.36. The lowest BCUT2D eigenvalue weighted by Crippen LogP contribution is -2.45. The van der Waals surface area contributed by atoms with E-state index < -0.39 is 5.60 Å². The first-order chi connectivity index (χ1) is 17.9. The molecule has 0 radical (unpaired) electrons. The largest absolute Gasteiger partial charge is 0.436 e. The van der Waals surface area contributed by atoms with Gasteiger partial charge < -0.3 is 9.64 Å². The van der Waals surface area contributed by atoms with E-state index in [1.54, 1.807) is 4.90 Å². The van der Waals surface area contributed by atoms with Gasteiger partial charge >= 0.3 is 6.09 Å². The summed E-state index contributed by atoms with van der Waals surface area (Å²) in [5.74, 6) is -0.431. The van der Waals surface area contributed by atoms with E-state index in [0.29, 0.717) is 6.54 Å². The predicted octanol–water partition coefficient (Wildman–Crippen LogP) is 7.65. The van der Waals surface area contributed by atoms with Gasteiger partial charge in [0.25, 0.3) is 0 Å². The SMILES string of the molecule is C=C1N(CCCCCCC)C(=O)OC12CCN(CCCC(c1ccc(F)cc1)c1ccc(F)cc1)CC2. The molecule has 2 aliphatic heterocycles. The van der Waals surface area contributed by atoms with Crippen molar-refractivity contribution in [1.82, 2.24) is 9.80 Å². The van der Waals surface area contributed by atoms with Gasteiger partial charge in [-0.25, -0.2) is 13.6 Å². The van der Waals surface area contributed by atoms with Crippen molar-refractivity contribution >= 4 is 6.09 Å². The monoisotopic (exact) mass is 510 g/mol. The Morgan fingerprint density at radius 2 is 1.43 bits per heavy atom. The highest BCUT2D eigenvalue weighted by atomic mass is 19.1. The van der Waals surface area contributed by atoms with Gasteiger partial charge in [-0.15, -0.1) is 0 Å². The number of rotatable bonds is 12. The van der Waals surface area contributed by atoms with Gasteiger partial charge in [-0.3, -0.25) is 4.90 Å². The van der Waals surface area contributed by atoms with E-state index in [1.807, 2.05) is 24.3 Å². The fourth-order valence-electron chi connectivity index (χ4n) is 5.70. The molecule has 2 heterocycles. The minimum Gasteiger partial charge on any atom is -0.436 e. The van der Waals surface area contributed by atoms with E-state index in [0.717, 1.165) is 75.0 Å². The number of ether oxygens (including phenoxy) is 1. The molecule has 37 heavy (non-hydrogen) atoms. The molecule has 0 aliphatic carbocycles. The third-order valence-electron chi connectivity index (χ3n) is 8.02. The number of benzene rings is 2. The van der Waals surface area contributed by atoms with Crippen LogP contribution in [0.2, 0.25) is 0 Å². The summed E-state index contributed by atoms with van der Waals surface area (Å²) in [7, 11) is 0. The molecule has 0 saturated carbocycles. The van der Waals surface area contributed by atoms with Crippen LogP contribution in [0.3, 0.4) is 0 Å². The Morgan fingerprint density at radius 1 is 0.865 bits per heavy atom. The zero-order valence-electron chi connectivity index (χ0n) is 22.1. The van der Waals surface area contributed by atoms with Crippen LogP contribution in [0.25, 0.3) is 0 Å². The fraction of sp³-hybridized carbons (Fsp3) is 0.516. The number of halogens is 2. The van der Waals surface area contributed by atoms with E-state index in [-0.39, 0.29) is 23.6 Å². The van der Waals surface area contributed by atoms with Gasteiger partial charge in [0, 0.05) is 38.4 Å². The molecule has 2 aromatic carbocycles. The Balaban J connectivity index is 1.28. The summed E-state index contributed by atoms with van der Waals surface area (Å²) in [5, 5.41) is 0. The van der Waals surface area contributed by atoms with Crippen LogP contribution in [0, 0.1) is 11.6 Å². The van der Waals surface area contributed by atoms with Crippen molar-refractivity contribution in [3.63, 3.8) is 0 Å². The lowest BCUT2D eigenvalue weighted by molar-refractivity contribution is 0.0143. The first-order valence-corrected chi connectivity index (χ1v) is 13.8. The molecule has 1 amide bonds. The van der Waals surface area contributed by atoms with E-state index in [2.05, 4.69) is 18.4 Å². The third-order valence-corrected chi connectivity index (χ3v) is 8.02. The van der Waals surface area contributed by atoms with Crippen LogP contribution in [0.1, 0.15) is 81.8 Å². The molecule has 1 spiro atoms. The van der Waals surface area contributed by atoms with Crippen LogP contribution >= 0.6 is 0 Å². The number of carbonyl (C=O) groups excluding carboxylic acids is 1. The maximum atomic E-state index is 13.5. The van der Waals surface area contributed by atoms with Crippen molar-refractivity contribution < 1.29 is 18.3 Å². The van der Waals surface area contributed by atoms with Gasteiger partial charge in [0.15, 0.2) is 5.60 Å². The second kappa shape index (κ2) is 12.7. The number of piperidine rings is 1. The lowest BCUT2D eigenvalue weighted by atomic mass is 9.86. The predicted molar refractivity (Wildman–Crippen MR) is 143 cm³/mol. The summed E-state index contributed by atoms with van der Waals surface area (Å²) in [4.78, 5) is 16.8. The first kappa shape index (κ1) is 27.3. The summed E-state index contributed by atoms with van der Waals surface area (Å²) < 4.78 is 32.9. The summed E-state index contributed by atoms with van der Waals surface area (Å²) in [6, 6.07) is 13.2. The van der Waals surface area contributed by atoms with Crippen molar-refractivity contribution in [3.8, 4) is 0 Å². The molecule has 0 bridgehead atoms. The fourth-order valence-corrected chi connectivity index (χ4v) is 5.70. The molecule has 0 atom stereocenters. The topological polar surface area (TPSA) is 32.8 Å². The molecule has 2 aromatic rings. The number of nitrogens with zero attached hydrogens (tertiary/aromatic N) is 2. The standard InChI is InChI=1S/C31H40F2N2O2/c1-3-4-5-6-7-21-35-24(2)31(37-30(35)36)18-22-34(23-19-31)20-8-9-29(25-10-14-27(32)15-11-25)26-12-16-28(33)17-13-26/h10-17,29H,2-9,18-23H2,1H3. The van der Waals surface area contributed by atoms with Gasteiger partial charge in [-0.1, -0.05) is 63.5 Å². The number of hydrogen-bond acceptors (Lipinski definition) is 3. The van der Waals surface area contributed by atoms with Crippen molar-refractivity contribution in [1.29, 1.82) is 0 Å². The Bertz CT molecular complexity index is 985. The summed E-state index contributed by atoms with van der Waals surface area (Å²) in [6.07, 6.45) is 8.89. The number of amides is 1. The van der Waals surface area contributed by atoms with E-state index >= 15 is 0 Å². The molecule has 0 aromatic heterocycles. The van der Waals surface area contributed by atoms with Gasteiger partial charge in [0.2, 0.25) is 0 Å². The second-order valence-corrected chi connectivity index (χ2v) is 10.5. The van der Waals surface area contributed by atoms with E-state index in [4.69, 9.17) is 4.74 Å². The molecule has 6 heteroatoms. The number of hydrogen-bond donors (Lipinski definition) is 0. The molecular weight excluding hydrogens is 470 g/mol. The summed E-state index contributed by atoms with van der Waals surface area (Å²) >= 11 is 0. The van der Waals surface area contributed by atoms with Crippen LogP contribution in [0.5, 0.6) is 0 Å². The molecular formula is C31H40F2N2O2. The molecule has 4 nitrogen and oxygen atoms in total. The molecule has 0 N–H and O–H groups in total. The van der Waals surface area contributed by atoms with Crippen LogP contribution in [0.15, 0.2) is 60.8 Å². The smallest absolute Gasteiger partial charge is 0.415 e. The van der Waals surface area contributed by atoms with Crippen LogP contribution in [-0.4, -0.2) is 47.7 Å². The minimum atomic E-state index is -0.554. The second-order valence-electron chi connectivity index (χ2n) is 10.5. The zero-order chi connectivity index (χ0) is 26.3. The van der Waals surface area contributed by atoms with Gasteiger partial charge in [-0.2, -0.15) is 0 Å². The maximum absolute atomic E-state index is 13.5. The maximum Gasteiger partial charge on any atom is 0.415 e. The van der Waals surface area contributed by atoms with Gasteiger partial charge in [0.05, 0.1) is 5.70 Å². The third kappa shape index (κ3) is 6.78. The van der Waals surface area contributed by atoms with Crippen LogP contribution in [-0.2, 0) is 4.74 Å². The number of likely N-dealkylation sites (tertiary alicyclic amines) is 1. The van der Waals surface area contributed by atoms with Crippen molar-refractivity contribution in [2.24, 2.45) is 0 Å². The van der Waals surface area contributed by atoms with E-state index in [1.165, 1.54) is 43.5 Å². The highest BCUT2D eigenvalue weighted by Gasteiger charge is 2.50. The van der Waals surface area contributed by atoms with Crippen molar-refractivity contribution in [2.75, 3.05) is 26.2 Å². The lowest BCUT2D eigenvalue weighted by Gasteiger charge is -2.38. The number of carbonyl (C=O) groups is 1. The quantitative estimate of drug-likeness (QED) is 0.275. The molecule has 2 saturated heterocycles. The van der Waals surface area contributed by atoms with Crippen molar-refractivity contribution in [3.05, 3.63) is 83.6 Å². The normalized spacial score (nSPS) is 17.7. The summed E-state index contributed by atoms with van der Waals surface area (Å²) in [6.45, 7) is 9.81. The first-order valence-electron chi connectivity index (χ1n) is 13.8. The highest BCUT2D eigenvalue weighted by molar-refractivity contribution is 5.75. The summed E-state index contributed by atoms with van der Waals surface area (Å²) in [5.41, 5.74) is 2.35. The average Bonchev–Trinajstić information content (AvgIpc) is 3.13. The van der Waals surface area contributed by atoms with Gasteiger partial charge in [0.1, 0.15) is 11.6 Å². The molecule has 2 fully saturated rings. The molecule has 200 valence electrons. The minimum absolute atomic E-state index is 0.0822. The van der Waals surface area contributed by atoms with Crippen molar-refractivity contribution in [2.45, 2.75) is 76.2 Å². The van der Waals surface area contributed by atoms with Gasteiger partial charge in [-0.05, 0) is 61.2 Å². The average molecular weight is 511 g/mol. The van der Waals surface area contributed by atoms with Crippen LogP contribution in [0.4, 0.5) is 13.6 Å². The zero-order valence-corrected chi connectivity index (χ0v) is 22.1. The Morgan fingerprint density at radius 3 is 2.00 bits per heavy atom. The Labute approximate surface area is 220 Å². The van der Waals surface area contributed by atoms with Crippen LogP contribution < -0.4 is 0 Å². The number of unbranched alkanes of at least 4 members (excludes halogenated alkanes) is 4. The highest BCUT2D eigenvalue weighted by Crippen LogP contribution is 2.41. The Hall–Kier alpha value is -2.73. The molecule has 2 aliphatic rings. The molecule has 0 unspecified atom stereocenters. The molecule has 4 rings (SSSR count).